The molecule has 224 valence electrons. The van der Waals surface area contributed by atoms with Crippen molar-refractivity contribution in [3.63, 3.8) is 0 Å². The topological polar surface area (TPSA) is 49.9 Å². The standard InChI is InChI=1S/C35H44N2O3S2/c1-5-19-36(20-6-2)23-11-9-13-34(38)41-30-15-17-32-28(26-30)25-29-27-31(16-18-33(29)40-32)42-35(39)14-10-12-24-37(21-7-3)22-8-4/h5-8,15-18,26-27H,1-4,9-14,19-25H2. The van der Waals surface area contributed by atoms with Gasteiger partial charge in [0.05, 0.1) is 0 Å². The van der Waals surface area contributed by atoms with Crippen LogP contribution in [0.25, 0.3) is 0 Å². The summed E-state index contributed by atoms with van der Waals surface area (Å²) < 4.78 is 6.15. The highest BCUT2D eigenvalue weighted by atomic mass is 32.2. The number of carbonyl (C=O) groups excluding carboxylic acids is 2. The number of hydrogen-bond acceptors (Lipinski definition) is 7. The Labute approximate surface area is 260 Å². The monoisotopic (exact) mass is 604 g/mol. The predicted molar refractivity (Wildman–Crippen MR) is 179 cm³/mol. The summed E-state index contributed by atoms with van der Waals surface area (Å²) in [5, 5.41) is 0.356. The number of rotatable bonds is 20. The van der Waals surface area contributed by atoms with Gasteiger partial charge in [-0.2, -0.15) is 0 Å². The maximum Gasteiger partial charge on any atom is 0.193 e. The molecule has 5 nitrogen and oxygen atoms in total. The minimum absolute atomic E-state index is 0.178. The molecule has 0 aliphatic carbocycles. The summed E-state index contributed by atoms with van der Waals surface area (Å²) in [5.41, 5.74) is 2.11. The van der Waals surface area contributed by atoms with Crippen molar-refractivity contribution in [1.29, 1.82) is 0 Å². The van der Waals surface area contributed by atoms with Crippen molar-refractivity contribution in [2.24, 2.45) is 0 Å². The number of hydrogen-bond donors (Lipinski definition) is 0. The van der Waals surface area contributed by atoms with Gasteiger partial charge in [-0.25, -0.2) is 0 Å². The highest BCUT2D eigenvalue weighted by molar-refractivity contribution is 8.13. The lowest BCUT2D eigenvalue weighted by molar-refractivity contribution is -0.111. The van der Waals surface area contributed by atoms with Gasteiger partial charge in [-0.15, -0.1) is 26.3 Å². The van der Waals surface area contributed by atoms with Crippen LogP contribution in [-0.4, -0.2) is 59.3 Å². The van der Waals surface area contributed by atoms with E-state index in [-0.39, 0.29) is 10.2 Å². The van der Waals surface area contributed by atoms with E-state index >= 15 is 0 Å². The minimum Gasteiger partial charge on any atom is -0.457 e. The Bertz CT molecular complexity index is 1130. The highest BCUT2D eigenvalue weighted by Crippen LogP contribution is 2.40. The molecule has 0 saturated carbocycles. The molecule has 0 unspecified atom stereocenters. The van der Waals surface area contributed by atoms with E-state index in [4.69, 9.17) is 4.74 Å². The molecule has 1 aliphatic heterocycles. The molecule has 0 fully saturated rings. The molecule has 1 aliphatic rings. The van der Waals surface area contributed by atoms with Crippen molar-refractivity contribution in [3.05, 3.63) is 98.1 Å². The fourth-order valence-corrected chi connectivity index (χ4v) is 6.55. The third kappa shape index (κ3) is 11.4. The molecule has 0 saturated heterocycles. The van der Waals surface area contributed by atoms with Crippen LogP contribution in [0.5, 0.6) is 11.5 Å². The summed E-state index contributed by atoms with van der Waals surface area (Å²) >= 11 is 2.61. The molecule has 2 aromatic rings. The van der Waals surface area contributed by atoms with Crippen LogP contribution >= 0.6 is 23.5 Å². The Morgan fingerprint density at radius 2 is 1.07 bits per heavy atom. The molecule has 1 heterocycles. The predicted octanol–water partition coefficient (Wildman–Crippen LogP) is 8.31. The SMILES string of the molecule is C=CCN(CC=C)CCCCC(=O)Sc1ccc2c(c1)Cc1cc(SC(=O)CCCCN(CC=C)CC=C)ccc1O2. The lowest BCUT2D eigenvalue weighted by Crippen LogP contribution is -2.25. The highest BCUT2D eigenvalue weighted by Gasteiger charge is 2.19. The Morgan fingerprint density at radius 3 is 1.45 bits per heavy atom. The first-order valence-electron chi connectivity index (χ1n) is 14.7. The summed E-state index contributed by atoms with van der Waals surface area (Å²) in [5.74, 6) is 1.64. The second-order valence-corrected chi connectivity index (χ2v) is 12.6. The second kappa shape index (κ2) is 18.6. The zero-order valence-electron chi connectivity index (χ0n) is 24.7. The largest absolute Gasteiger partial charge is 0.457 e. The first-order chi connectivity index (χ1) is 20.4. The van der Waals surface area contributed by atoms with E-state index in [0.29, 0.717) is 19.3 Å². The van der Waals surface area contributed by atoms with Crippen LogP contribution < -0.4 is 4.74 Å². The van der Waals surface area contributed by atoms with E-state index in [0.717, 1.165) is 97.4 Å². The zero-order valence-corrected chi connectivity index (χ0v) is 26.4. The molecule has 0 amide bonds. The first kappa shape index (κ1) is 33.7. The number of thioether (sulfide) groups is 2. The van der Waals surface area contributed by atoms with Crippen LogP contribution in [0, 0.1) is 0 Å². The van der Waals surface area contributed by atoms with Crippen molar-refractivity contribution < 1.29 is 14.3 Å². The van der Waals surface area contributed by atoms with Crippen LogP contribution in [0.4, 0.5) is 0 Å². The van der Waals surface area contributed by atoms with Gasteiger partial charge in [-0.3, -0.25) is 19.4 Å². The normalized spacial score (nSPS) is 11.9. The van der Waals surface area contributed by atoms with E-state index in [1.165, 1.54) is 23.5 Å². The van der Waals surface area contributed by atoms with Crippen LogP contribution in [0.1, 0.15) is 49.7 Å². The van der Waals surface area contributed by atoms with Gasteiger partial charge in [0, 0.05) is 66.4 Å². The smallest absolute Gasteiger partial charge is 0.193 e. The molecular weight excluding hydrogens is 561 g/mol. The van der Waals surface area contributed by atoms with Crippen LogP contribution in [0.2, 0.25) is 0 Å². The lowest BCUT2D eigenvalue weighted by atomic mass is 10.0. The number of nitrogens with zero attached hydrogens (tertiary/aromatic N) is 2. The molecule has 0 aromatic heterocycles. The van der Waals surface area contributed by atoms with Gasteiger partial charge < -0.3 is 4.74 Å². The number of carbonyl (C=O) groups is 2. The fraction of sp³-hybridized carbons (Fsp3) is 0.371. The molecule has 7 heteroatoms. The van der Waals surface area contributed by atoms with E-state index in [2.05, 4.69) is 48.2 Å². The van der Waals surface area contributed by atoms with Crippen LogP contribution in [0.15, 0.2) is 96.8 Å². The van der Waals surface area contributed by atoms with Gasteiger partial charge in [-0.1, -0.05) is 47.8 Å². The lowest BCUT2D eigenvalue weighted by Gasteiger charge is -2.21. The van der Waals surface area contributed by atoms with Crippen molar-refractivity contribution in [1.82, 2.24) is 9.80 Å². The van der Waals surface area contributed by atoms with Crippen LogP contribution in [-0.2, 0) is 16.0 Å². The maximum absolute atomic E-state index is 12.6. The number of unbranched alkanes of at least 4 members (excludes halogenated alkanes) is 2. The fourth-order valence-electron chi connectivity index (χ4n) is 4.86. The van der Waals surface area contributed by atoms with Crippen LogP contribution in [0.3, 0.4) is 0 Å². The average Bonchev–Trinajstić information content (AvgIpc) is 2.97. The minimum atomic E-state index is 0.178. The molecule has 42 heavy (non-hydrogen) atoms. The Morgan fingerprint density at radius 1 is 0.667 bits per heavy atom. The third-order valence-corrected chi connectivity index (χ3v) is 8.73. The van der Waals surface area contributed by atoms with Gasteiger partial charge >= 0.3 is 0 Å². The summed E-state index contributed by atoms with van der Waals surface area (Å²) in [4.78, 5) is 31.7. The van der Waals surface area contributed by atoms with Gasteiger partial charge in [0.15, 0.2) is 10.2 Å². The molecule has 3 rings (SSSR count). The van der Waals surface area contributed by atoms with Gasteiger partial charge in [-0.05, 0) is 75.2 Å². The molecule has 2 aromatic carbocycles. The van der Waals surface area contributed by atoms with Crippen molar-refractivity contribution in [2.45, 2.75) is 54.7 Å². The first-order valence-corrected chi connectivity index (χ1v) is 16.3. The van der Waals surface area contributed by atoms with Gasteiger partial charge in [0.1, 0.15) is 11.5 Å². The zero-order chi connectivity index (χ0) is 30.2. The molecule has 0 bridgehead atoms. The molecule has 0 N–H and O–H groups in total. The molecular formula is C35H44N2O3S2. The number of benzene rings is 2. The second-order valence-electron chi connectivity index (χ2n) is 10.4. The van der Waals surface area contributed by atoms with E-state index in [9.17, 15) is 9.59 Å². The maximum atomic E-state index is 12.6. The summed E-state index contributed by atoms with van der Waals surface area (Å²) in [6, 6.07) is 11.9. The van der Waals surface area contributed by atoms with E-state index in [1.807, 2.05) is 48.6 Å². The molecule has 0 spiro atoms. The number of fused-ring (bicyclic) bond motifs is 2. The third-order valence-electron chi connectivity index (χ3n) is 6.89. The average molecular weight is 605 g/mol. The summed E-state index contributed by atoms with van der Waals surface area (Å²) in [6.07, 6.45) is 13.1. The Kier molecular flexibility index (Phi) is 14.9. The molecule has 0 atom stereocenters. The summed E-state index contributed by atoms with van der Waals surface area (Å²) in [6.45, 7) is 20.4. The van der Waals surface area contributed by atoms with Crippen molar-refractivity contribution in [2.75, 3.05) is 39.3 Å². The quantitative estimate of drug-likeness (QED) is 0.0730. The van der Waals surface area contributed by atoms with Crippen molar-refractivity contribution in [3.8, 4) is 11.5 Å². The molecule has 0 radical (unpaired) electrons. The van der Waals surface area contributed by atoms with Gasteiger partial charge in [0.25, 0.3) is 0 Å². The Balaban J connectivity index is 1.47. The van der Waals surface area contributed by atoms with E-state index < -0.39 is 0 Å². The summed E-state index contributed by atoms with van der Waals surface area (Å²) in [7, 11) is 0. The van der Waals surface area contributed by atoms with E-state index in [1.54, 1.807) is 0 Å². The van der Waals surface area contributed by atoms with Gasteiger partial charge in [0.2, 0.25) is 0 Å². The number of ether oxygens (including phenoxy) is 1. The van der Waals surface area contributed by atoms with Crippen molar-refractivity contribution >= 4 is 33.8 Å². The Hall–Kier alpha value is -2.84.